The number of ether oxygens (including phenoxy) is 1. The molecule has 2 N–H and O–H groups in total. The number of rotatable bonds is 7. The van der Waals surface area contributed by atoms with Crippen molar-refractivity contribution in [1.29, 1.82) is 0 Å². The van der Waals surface area contributed by atoms with Gasteiger partial charge in [-0.15, -0.1) is 10.2 Å². The Labute approximate surface area is 83.6 Å². The van der Waals surface area contributed by atoms with Crippen molar-refractivity contribution in [2.45, 2.75) is 26.2 Å². The monoisotopic (exact) mass is 199 g/mol. The van der Waals surface area contributed by atoms with Gasteiger partial charge in [0.05, 0.1) is 6.61 Å². The third kappa shape index (κ3) is 3.85. The molecule has 0 unspecified atom stereocenters. The van der Waals surface area contributed by atoms with Crippen LogP contribution in [0.5, 0.6) is 0 Å². The normalized spacial score (nSPS) is 10.7. The van der Waals surface area contributed by atoms with Gasteiger partial charge >= 0.3 is 0 Å². The van der Waals surface area contributed by atoms with Gasteiger partial charge in [0.1, 0.15) is 0 Å². The zero-order chi connectivity index (χ0) is 10.2. The van der Waals surface area contributed by atoms with Crippen LogP contribution in [-0.2, 0) is 17.6 Å². The Kier molecular flexibility index (Phi) is 5.17. The van der Waals surface area contributed by atoms with Gasteiger partial charge in [0.15, 0.2) is 0 Å². The largest absolute Gasteiger partial charge is 0.425 e. The molecule has 0 aliphatic carbocycles. The van der Waals surface area contributed by atoms with Crippen molar-refractivity contribution in [3.63, 3.8) is 0 Å². The van der Waals surface area contributed by atoms with Gasteiger partial charge in [0.2, 0.25) is 11.8 Å². The summed E-state index contributed by atoms with van der Waals surface area (Å²) in [4.78, 5) is 0. The van der Waals surface area contributed by atoms with Crippen LogP contribution in [0.3, 0.4) is 0 Å². The van der Waals surface area contributed by atoms with Crippen LogP contribution >= 0.6 is 0 Å². The van der Waals surface area contributed by atoms with Crippen LogP contribution in [-0.4, -0.2) is 30.0 Å². The minimum atomic E-state index is 0.536. The lowest BCUT2D eigenvalue weighted by Gasteiger charge is -1.97. The molecule has 0 fully saturated rings. The molecule has 0 aliphatic rings. The maximum Gasteiger partial charge on any atom is 0.218 e. The van der Waals surface area contributed by atoms with Crippen molar-refractivity contribution in [2.75, 3.05) is 19.8 Å². The van der Waals surface area contributed by atoms with Crippen LogP contribution in [0.4, 0.5) is 0 Å². The SMILES string of the molecule is CCCOCCc1nnc(CCN)o1. The summed E-state index contributed by atoms with van der Waals surface area (Å²) in [6, 6.07) is 0. The summed E-state index contributed by atoms with van der Waals surface area (Å²) >= 11 is 0. The van der Waals surface area contributed by atoms with E-state index in [4.69, 9.17) is 14.9 Å². The number of aromatic nitrogens is 2. The first-order valence-corrected chi connectivity index (χ1v) is 4.96. The van der Waals surface area contributed by atoms with Gasteiger partial charge in [-0.3, -0.25) is 0 Å². The number of hydrogen-bond donors (Lipinski definition) is 1. The average molecular weight is 199 g/mol. The fourth-order valence-corrected chi connectivity index (χ4v) is 1.02. The zero-order valence-corrected chi connectivity index (χ0v) is 8.53. The highest BCUT2D eigenvalue weighted by atomic mass is 16.5. The highest BCUT2D eigenvalue weighted by Crippen LogP contribution is 2.01. The molecule has 0 aliphatic heterocycles. The van der Waals surface area contributed by atoms with Crippen molar-refractivity contribution >= 4 is 0 Å². The molecule has 0 spiro atoms. The molecule has 80 valence electrons. The topological polar surface area (TPSA) is 74.2 Å². The van der Waals surface area contributed by atoms with E-state index >= 15 is 0 Å². The van der Waals surface area contributed by atoms with Crippen LogP contribution in [0.2, 0.25) is 0 Å². The van der Waals surface area contributed by atoms with Crippen LogP contribution < -0.4 is 5.73 Å². The zero-order valence-electron chi connectivity index (χ0n) is 8.53. The number of hydrogen-bond acceptors (Lipinski definition) is 5. The maximum atomic E-state index is 5.36. The Balaban J connectivity index is 2.22. The summed E-state index contributed by atoms with van der Waals surface area (Å²) in [6.07, 6.45) is 2.35. The van der Waals surface area contributed by atoms with E-state index < -0.39 is 0 Å². The summed E-state index contributed by atoms with van der Waals surface area (Å²) in [5.41, 5.74) is 5.36. The second-order valence-electron chi connectivity index (χ2n) is 2.99. The highest BCUT2D eigenvalue weighted by molar-refractivity contribution is 4.82. The smallest absolute Gasteiger partial charge is 0.218 e. The van der Waals surface area contributed by atoms with Crippen molar-refractivity contribution < 1.29 is 9.15 Å². The molecule has 1 rings (SSSR count). The van der Waals surface area contributed by atoms with Gasteiger partial charge in [-0.1, -0.05) is 6.92 Å². The quantitative estimate of drug-likeness (QED) is 0.649. The second-order valence-corrected chi connectivity index (χ2v) is 2.99. The number of nitrogens with zero attached hydrogens (tertiary/aromatic N) is 2. The van der Waals surface area contributed by atoms with E-state index in [0.29, 0.717) is 37.8 Å². The molecule has 0 radical (unpaired) electrons. The average Bonchev–Trinajstić information content (AvgIpc) is 2.61. The van der Waals surface area contributed by atoms with E-state index in [0.717, 1.165) is 13.0 Å². The molecule has 14 heavy (non-hydrogen) atoms. The maximum absolute atomic E-state index is 5.36. The van der Waals surface area contributed by atoms with Gasteiger partial charge in [0, 0.05) is 26.0 Å². The van der Waals surface area contributed by atoms with Gasteiger partial charge < -0.3 is 14.9 Å². The van der Waals surface area contributed by atoms with E-state index in [9.17, 15) is 0 Å². The summed E-state index contributed by atoms with van der Waals surface area (Å²) in [5.74, 6) is 1.24. The standard InChI is InChI=1S/C9H17N3O2/c1-2-6-13-7-4-9-12-11-8(14-9)3-5-10/h2-7,10H2,1H3. The molecule has 1 aromatic heterocycles. The molecule has 0 bridgehead atoms. The molecule has 0 amide bonds. The number of nitrogens with two attached hydrogens (primary N) is 1. The van der Waals surface area contributed by atoms with Gasteiger partial charge in [-0.05, 0) is 6.42 Å². The van der Waals surface area contributed by atoms with Crippen LogP contribution in [0.25, 0.3) is 0 Å². The fraction of sp³-hybridized carbons (Fsp3) is 0.778. The minimum Gasteiger partial charge on any atom is -0.425 e. The van der Waals surface area contributed by atoms with Gasteiger partial charge in [-0.25, -0.2) is 0 Å². The van der Waals surface area contributed by atoms with Crippen LogP contribution in [0.1, 0.15) is 25.1 Å². The first kappa shape index (κ1) is 11.1. The minimum absolute atomic E-state index is 0.536. The summed E-state index contributed by atoms with van der Waals surface area (Å²) in [6.45, 7) is 4.03. The molecule has 0 aromatic carbocycles. The molecule has 0 saturated carbocycles. The molecule has 0 saturated heterocycles. The lowest BCUT2D eigenvalue weighted by Crippen LogP contribution is -2.02. The Morgan fingerprint density at radius 1 is 1.21 bits per heavy atom. The molecular weight excluding hydrogens is 182 g/mol. The Morgan fingerprint density at radius 2 is 1.93 bits per heavy atom. The first-order chi connectivity index (χ1) is 6.86. The third-order valence-corrected chi connectivity index (χ3v) is 1.68. The first-order valence-electron chi connectivity index (χ1n) is 4.96. The van der Waals surface area contributed by atoms with E-state index in [1.165, 1.54) is 0 Å². The van der Waals surface area contributed by atoms with Crippen molar-refractivity contribution in [3.05, 3.63) is 11.8 Å². The molecule has 1 aromatic rings. The van der Waals surface area contributed by atoms with E-state index in [2.05, 4.69) is 17.1 Å². The predicted octanol–water partition coefficient (Wildman–Crippen LogP) is 0.540. The van der Waals surface area contributed by atoms with Crippen molar-refractivity contribution in [3.8, 4) is 0 Å². The lowest BCUT2D eigenvalue weighted by molar-refractivity contribution is 0.133. The Morgan fingerprint density at radius 3 is 2.57 bits per heavy atom. The van der Waals surface area contributed by atoms with E-state index in [1.807, 2.05) is 0 Å². The summed E-state index contributed by atoms with van der Waals surface area (Å²) in [5, 5.41) is 7.73. The van der Waals surface area contributed by atoms with Crippen molar-refractivity contribution in [1.82, 2.24) is 10.2 Å². The summed E-state index contributed by atoms with van der Waals surface area (Å²) in [7, 11) is 0. The highest BCUT2D eigenvalue weighted by Gasteiger charge is 2.04. The fourth-order valence-electron chi connectivity index (χ4n) is 1.02. The second kappa shape index (κ2) is 6.50. The van der Waals surface area contributed by atoms with Gasteiger partial charge in [0.25, 0.3) is 0 Å². The molecular formula is C9H17N3O2. The lowest BCUT2D eigenvalue weighted by atomic mass is 10.4. The van der Waals surface area contributed by atoms with Crippen LogP contribution in [0.15, 0.2) is 4.42 Å². The van der Waals surface area contributed by atoms with Crippen LogP contribution in [0, 0.1) is 0 Å². The molecule has 0 atom stereocenters. The molecule has 5 heteroatoms. The summed E-state index contributed by atoms with van der Waals surface area (Å²) < 4.78 is 10.6. The Bertz CT molecular complexity index is 250. The van der Waals surface area contributed by atoms with Gasteiger partial charge in [-0.2, -0.15) is 0 Å². The Hall–Kier alpha value is -0.940. The van der Waals surface area contributed by atoms with E-state index in [1.54, 1.807) is 0 Å². The third-order valence-electron chi connectivity index (χ3n) is 1.68. The van der Waals surface area contributed by atoms with E-state index in [-0.39, 0.29) is 0 Å². The van der Waals surface area contributed by atoms with Crippen molar-refractivity contribution in [2.24, 2.45) is 5.73 Å². The molecule has 1 heterocycles. The predicted molar refractivity (Wildman–Crippen MR) is 51.9 cm³/mol. The molecule has 5 nitrogen and oxygen atoms in total.